The normalized spacial score (nSPS) is 33.6. The summed E-state index contributed by atoms with van der Waals surface area (Å²) in [5, 5.41) is 0. The molecule has 2 rings (SSSR count). The molecule has 0 saturated heterocycles. The van der Waals surface area contributed by atoms with Crippen LogP contribution in [0.4, 0.5) is 0 Å². The van der Waals surface area contributed by atoms with Gasteiger partial charge >= 0.3 is 0 Å². The van der Waals surface area contributed by atoms with E-state index in [2.05, 4.69) is 19.3 Å². The summed E-state index contributed by atoms with van der Waals surface area (Å²) in [5.74, 6) is 9.74. The lowest BCUT2D eigenvalue weighted by atomic mass is 9.70. The lowest BCUT2D eigenvalue weighted by Crippen LogP contribution is -2.30. The van der Waals surface area contributed by atoms with Crippen LogP contribution in [0.3, 0.4) is 0 Å². The molecule has 1 amide bonds. The molecule has 22 heavy (non-hydrogen) atoms. The van der Waals surface area contributed by atoms with Crippen LogP contribution in [0.5, 0.6) is 0 Å². The van der Waals surface area contributed by atoms with Crippen LogP contribution >= 0.6 is 0 Å². The molecule has 0 bridgehead atoms. The van der Waals surface area contributed by atoms with E-state index in [4.69, 9.17) is 5.84 Å². The number of carbonyl (C=O) groups excluding carboxylic acids is 1. The summed E-state index contributed by atoms with van der Waals surface area (Å²) in [4.78, 5) is 11.2. The standard InChI is InChI=1S/C19H36N2O/c1-3-16-5-4-6-18(16)17-10-8-15(9-11-17)13-14(2)7-12-19(22)21-20/h14-18H,3-13,20H2,1-2H3,(H,21,22). The van der Waals surface area contributed by atoms with Gasteiger partial charge in [0.25, 0.3) is 0 Å². The summed E-state index contributed by atoms with van der Waals surface area (Å²) in [6.07, 6.45) is 14.5. The zero-order valence-corrected chi connectivity index (χ0v) is 14.7. The Balaban J connectivity index is 1.67. The Morgan fingerprint density at radius 1 is 1.18 bits per heavy atom. The average Bonchev–Trinajstić information content (AvgIpc) is 3.02. The van der Waals surface area contributed by atoms with Crippen LogP contribution in [-0.2, 0) is 4.79 Å². The quantitative estimate of drug-likeness (QED) is 0.415. The van der Waals surface area contributed by atoms with E-state index in [1.54, 1.807) is 0 Å². The summed E-state index contributed by atoms with van der Waals surface area (Å²) in [5.41, 5.74) is 2.23. The fraction of sp³-hybridized carbons (Fsp3) is 0.947. The van der Waals surface area contributed by atoms with Crippen molar-refractivity contribution in [2.45, 2.75) is 84.5 Å². The largest absolute Gasteiger partial charge is 0.294 e. The van der Waals surface area contributed by atoms with Gasteiger partial charge in [0.15, 0.2) is 0 Å². The fourth-order valence-electron chi connectivity index (χ4n) is 5.18. The lowest BCUT2D eigenvalue weighted by Gasteiger charge is -2.35. The molecular formula is C19H36N2O. The maximum absolute atomic E-state index is 11.2. The Morgan fingerprint density at radius 2 is 1.91 bits per heavy atom. The second kappa shape index (κ2) is 8.90. The van der Waals surface area contributed by atoms with Crippen molar-refractivity contribution >= 4 is 5.91 Å². The maximum atomic E-state index is 11.2. The summed E-state index contributed by atoms with van der Waals surface area (Å²) in [6, 6.07) is 0. The van der Waals surface area contributed by atoms with Gasteiger partial charge in [-0.25, -0.2) is 5.84 Å². The van der Waals surface area contributed by atoms with Crippen LogP contribution in [0.1, 0.15) is 84.5 Å². The highest BCUT2D eigenvalue weighted by Gasteiger charge is 2.34. The molecular weight excluding hydrogens is 272 g/mol. The van der Waals surface area contributed by atoms with Gasteiger partial charge in [-0.3, -0.25) is 10.2 Å². The molecule has 0 radical (unpaired) electrons. The van der Waals surface area contributed by atoms with Gasteiger partial charge in [-0.1, -0.05) is 46.0 Å². The SMILES string of the molecule is CCC1CCCC1C1CCC(CC(C)CCC(=O)NN)CC1. The third-order valence-electron chi connectivity index (χ3n) is 6.50. The maximum Gasteiger partial charge on any atom is 0.233 e. The smallest absolute Gasteiger partial charge is 0.233 e. The molecule has 3 atom stereocenters. The highest BCUT2D eigenvalue weighted by molar-refractivity contribution is 5.75. The Kier molecular flexibility index (Phi) is 7.20. The second-order valence-electron chi connectivity index (χ2n) is 7.99. The van der Waals surface area contributed by atoms with E-state index in [9.17, 15) is 4.79 Å². The van der Waals surface area contributed by atoms with Crippen molar-refractivity contribution in [3.63, 3.8) is 0 Å². The Hall–Kier alpha value is -0.570. The van der Waals surface area contributed by atoms with Crippen LogP contribution in [0.2, 0.25) is 0 Å². The Morgan fingerprint density at radius 3 is 2.55 bits per heavy atom. The molecule has 0 heterocycles. The predicted molar refractivity (Wildman–Crippen MR) is 91.9 cm³/mol. The highest BCUT2D eigenvalue weighted by Crippen LogP contribution is 2.46. The van der Waals surface area contributed by atoms with Gasteiger partial charge in [-0.2, -0.15) is 0 Å². The van der Waals surface area contributed by atoms with Gasteiger partial charge < -0.3 is 0 Å². The molecule has 0 aromatic carbocycles. The zero-order valence-electron chi connectivity index (χ0n) is 14.7. The van der Waals surface area contributed by atoms with Gasteiger partial charge in [0.2, 0.25) is 5.91 Å². The molecule has 2 saturated carbocycles. The van der Waals surface area contributed by atoms with Crippen LogP contribution in [0, 0.1) is 29.6 Å². The van der Waals surface area contributed by atoms with Crippen molar-refractivity contribution in [1.29, 1.82) is 0 Å². The molecule has 0 spiro atoms. The number of carbonyl (C=O) groups is 1. The molecule has 3 unspecified atom stereocenters. The predicted octanol–water partition coefficient (Wildman–Crippen LogP) is 4.42. The third kappa shape index (κ3) is 4.97. The van der Waals surface area contributed by atoms with Gasteiger partial charge in [-0.05, 0) is 61.7 Å². The fourth-order valence-corrected chi connectivity index (χ4v) is 5.18. The first-order valence-electron chi connectivity index (χ1n) is 9.63. The molecule has 2 aliphatic rings. The van der Waals surface area contributed by atoms with E-state index in [0.29, 0.717) is 12.3 Å². The van der Waals surface area contributed by atoms with Gasteiger partial charge in [0, 0.05) is 6.42 Å². The van der Waals surface area contributed by atoms with E-state index in [0.717, 1.165) is 30.1 Å². The number of nitrogens with two attached hydrogens (primary N) is 1. The molecule has 0 aromatic heterocycles. The average molecular weight is 309 g/mol. The molecule has 3 N–H and O–H groups in total. The molecule has 0 aromatic rings. The molecule has 2 aliphatic carbocycles. The summed E-state index contributed by atoms with van der Waals surface area (Å²) >= 11 is 0. The van der Waals surface area contributed by atoms with E-state index >= 15 is 0 Å². The number of nitrogens with one attached hydrogen (secondary N) is 1. The van der Waals surface area contributed by atoms with Crippen molar-refractivity contribution in [2.24, 2.45) is 35.4 Å². The number of rotatable bonds is 7. The van der Waals surface area contributed by atoms with Crippen molar-refractivity contribution < 1.29 is 4.79 Å². The van der Waals surface area contributed by atoms with Gasteiger partial charge in [0.05, 0.1) is 0 Å². The Labute approximate surface area is 136 Å². The summed E-state index contributed by atoms with van der Waals surface area (Å²) in [7, 11) is 0. The van der Waals surface area contributed by atoms with E-state index in [1.807, 2.05) is 0 Å². The number of hydrogen-bond donors (Lipinski definition) is 2. The number of amides is 1. The van der Waals surface area contributed by atoms with Gasteiger partial charge in [0.1, 0.15) is 0 Å². The zero-order chi connectivity index (χ0) is 15.9. The van der Waals surface area contributed by atoms with Crippen molar-refractivity contribution in [1.82, 2.24) is 5.43 Å². The first-order valence-corrected chi connectivity index (χ1v) is 9.63. The van der Waals surface area contributed by atoms with Gasteiger partial charge in [-0.15, -0.1) is 0 Å². The molecule has 2 fully saturated rings. The topological polar surface area (TPSA) is 55.1 Å². The molecule has 128 valence electrons. The minimum Gasteiger partial charge on any atom is -0.294 e. The van der Waals surface area contributed by atoms with Crippen molar-refractivity contribution in [3.05, 3.63) is 0 Å². The summed E-state index contributed by atoms with van der Waals surface area (Å²) < 4.78 is 0. The van der Waals surface area contributed by atoms with Crippen LogP contribution in [0.25, 0.3) is 0 Å². The number of hydrazine groups is 1. The first kappa shape index (κ1) is 17.8. The van der Waals surface area contributed by atoms with E-state index < -0.39 is 0 Å². The lowest BCUT2D eigenvalue weighted by molar-refractivity contribution is -0.121. The minimum atomic E-state index is -0.0256. The monoisotopic (exact) mass is 308 g/mol. The minimum absolute atomic E-state index is 0.0256. The summed E-state index contributed by atoms with van der Waals surface area (Å²) in [6.45, 7) is 4.67. The Bertz CT molecular complexity index is 336. The van der Waals surface area contributed by atoms with Crippen LogP contribution < -0.4 is 11.3 Å². The second-order valence-corrected chi connectivity index (χ2v) is 7.99. The first-order chi connectivity index (χ1) is 10.6. The van der Waals surface area contributed by atoms with Crippen LogP contribution in [-0.4, -0.2) is 5.91 Å². The highest BCUT2D eigenvalue weighted by atomic mass is 16.2. The number of hydrogen-bond acceptors (Lipinski definition) is 2. The van der Waals surface area contributed by atoms with Crippen molar-refractivity contribution in [2.75, 3.05) is 0 Å². The molecule has 0 aliphatic heterocycles. The van der Waals surface area contributed by atoms with Crippen molar-refractivity contribution in [3.8, 4) is 0 Å². The molecule has 3 heteroatoms. The third-order valence-corrected chi connectivity index (χ3v) is 6.50. The van der Waals surface area contributed by atoms with E-state index in [1.165, 1.54) is 57.8 Å². The van der Waals surface area contributed by atoms with Crippen LogP contribution in [0.15, 0.2) is 0 Å². The molecule has 3 nitrogen and oxygen atoms in total. The van der Waals surface area contributed by atoms with E-state index in [-0.39, 0.29) is 5.91 Å².